The average Bonchev–Trinajstić information content (AvgIpc) is 2.79. The Balaban J connectivity index is 1.60. The number of benzene rings is 2. The number of aryl methyl sites for hydroxylation is 1. The van der Waals surface area contributed by atoms with Crippen LogP contribution in [-0.2, 0) is 17.7 Å². The summed E-state index contributed by atoms with van der Waals surface area (Å²) < 4.78 is 5.46. The summed E-state index contributed by atoms with van der Waals surface area (Å²) in [5.41, 5.74) is 3.58. The molecule has 0 aliphatic carbocycles. The Hall–Kier alpha value is -1.66. The van der Waals surface area contributed by atoms with Crippen molar-refractivity contribution >= 4 is 34.6 Å². The van der Waals surface area contributed by atoms with Crippen LogP contribution < -0.4 is 5.32 Å². The van der Waals surface area contributed by atoms with E-state index in [-0.39, 0.29) is 0 Å². The lowest BCUT2D eigenvalue weighted by molar-refractivity contribution is 0.0368. The molecule has 0 aromatic heterocycles. The van der Waals surface area contributed by atoms with E-state index in [1.165, 1.54) is 18.4 Å². The zero-order valence-electron chi connectivity index (χ0n) is 18.5. The molecule has 1 saturated heterocycles. The highest BCUT2D eigenvalue weighted by atomic mass is 35.5. The van der Waals surface area contributed by atoms with E-state index in [0.29, 0.717) is 0 Å². The highest BCUT2D eigenvalue weighted by Gasteiger charge is 2.14. The first kappa shape index (κ1) is 24.0. The standard InChI is InChI=1S/C25H34ClN3OS/c1-2-3-6-21-9-11-24(12-10-21)27-25(31)29(20-22-7-4-8-23(26)19-22)14-5-13-28-15-17-30-18-16-28/h4,7-12,19H,2-3,5-6,13-18,20H2,1H3,(H,27,31). The number of morpholine rings is 1. The minimum Gasteiger partial charge on any atom is -0.379 e. The molecular formula is C25H34ClN3OS. The van der Waals surface area contributed by atoms with Crippen molar-refractivity contribution in [3.63, 3.8) is 0 Å². The van der Waals surface area contributed by atoms with Crippen molar-refractivity contribution in [3.8, 4) is 0 Å². The molecule has 1 aliphatic rings. The number of rotatable bonds is 10. The zero-order chi connectivity index (χ0) is 21.9. The van der Waals surface area contributed by atoms with E-state index in [4.69, 9.17) is 28.6 Å². The second-order valence-electron chi connectivity index (χ2n) is 8.09. The average molecular weight is 460 g/mol. The number of nitrogens with one attached hydrogen (secondary N) is 1. The monoisotopic (exact) mass is 459 g/mol. The van der Waals surface area contributed by atoms with E-state index in [1.807, 2.05) is 18.2 Å². The van der Waals surface area contributed by atoms with Crippen LogP contribution in [0.25, 0.3) is 0 Å². The number of nitrogens with zero attached hydrogens (tertiary/aromatic N) is 2. The molecule has 4 nitrogen and oxygen atoms in total. The molecule has 0 bridgehead atoms. The molecule has 0 unspecified atom stereocenters. The van der Waals surface area contributed by atoms with Crippen molar-refractivity contribution in [3.05, 3.63) is 64.7 Å². The fourth-order valence-electron chi connectivity index (χ4n) is 3.76. The molecular weight excluding hydrogens is 426 g/mol. The van der Waals surface area contributed by atoms with Crippen molar-refractivity contribution in [2.75, 3.05) is 44.7 Å². The van der Waals surface area contributed by atoms with Gasteiger partial charge in [-0.05, 0) is 66.9 Å². The summed E-state index contributed by atoms with van der Waals surface area (Å²) in [4.78, 5) is 4.71. The van der Waals surface area contributed by atoms with E-state index >= 15 is 0 Å². The number of hydrogen-bond donors (Lipinski definition) is 1. The van der Waals surface area contributed by atoms with Crippen molar-refractivity contribution in [1.82, 2.24) is 9.80 Å². The minimum absolute atomic E-state index is 0.740. The first-order valence-corrected chi connectivity index (χ1v) is 12.1. The Morgan fingerprint density at radius 3 is 2.58 bits per heavy atom. The Labute approximate surface area is 197 Å². The van der Waals surface area contributed by atoms with Gasteiger partial charge in [0.2, 0.25) is 0 Å². The van der Waals surface area contributed by atoms with Crippen LogP contribution in [0, 0.1) is 0 Å². The van der Waals surface area contributed by atoms with Crippen LogP contribution in [0.1, 0.15) is 37.3 Å². The van der Waals surface area contributed by atoms with Gasteiger partial charge in [-0.25, -0.2) is 0 Å². The number of unbranched alkanes of at least 4 members (excludes halogenated alkanes) is 1. The van der Waals surface area contributed by atoms with E-state index in [2.05, 4.69) is 52.4 Å². The second kappa shape index (κ2) is 13.0. The molecule has 1 heterocycles. The molecule has 0 radical (unpaired) electrons. The van der Waals surface area contributed by atoms with Crippen molar-refractivity contribution in [1.29, 1.82) is 0 Å². The van der Waals surface area contributed by atoms with Gasteiger partial charge in [0.15, 0.2) is 5.11 Å². The highest BCUT2D eigenvalue weighted by Crippen LogP contribution is 2.16. The molecule has 6 heteroatoms. The van der Waals surface area contributed by atoms with Gasteiger partial charge in [0, 0.05) is 43.4 Å². The third kappa shape index (κ3) is 8.41. The quantitative estimate of drug-likeness (QED) is 0.466. The van der Waals surface area contributed by atoms with Gasteiger partial charge in [-0.1, -0.05) is 49.2 Å². The van der Waals surface area contributed by atoms with Crippen LogP contribution >= 0.6 is 23.8 Å². The smallest absolute Gasteiger partial charge is 0.173 e. The molecule has 168 valence electrons. The van der Waals surface area contributed by atoms with Gasteiger partial charge in [-0.15, -0.1) is 0 Å². The maximum atomic E-state index is 6.21. The lowest BCUT2D eigenvalue weighted by Gasteiger charge is -2.29. The predicted molar refractivity (Wildman–Crippen MR) is 135 cm³/mol. The van der Waals surface area contributed by atoms with E-state index < -0.39 is 0 Å². The summed E-state index contributed by atoms with van der Waals surface area (Å²) in [6.07, 6.45) is 4.62. The summed E-state index contributed by atoms with van der Waals surface area (Å²) in [6, 6.07) is 16.7. The summed E-state index contributed by atoms with van der Waals surface area (Å²) in [5, 5.41) is 4.95. The summed E-state index contributed by atoms with van der Waals surface area (Å²) in [5.74, 6) is 0. The molecule has 1 aliphatic heterocycles. The fraction of sp³-hybridized carbons (Fsp3) is 0.480. The van der Waals surface area contributed by atoms with Gasteiger partial charge < -0.3 is 15.0 Å². The first-order valence-electron chi connectivity index (χ1n) is 11.3. The SMILES string of the molecule is CCCCc1ccc(NC(=S)N(CCCN2CCOCC2)Cc2cccc(Cl)c2)cc1. The van der Waals surface area contributed by atoms with Crippen molar-refractivity contribution < 1.29 is 4.74 Å². The molecule has 0 spiro atoms. The van der Waals surface area contributed by atoms with Gasteiger partial charge in [-0.3, -0.25) is 4.90 Å². The molecule has 2 aromatic rings. The van der Waals surface area contributed by atoms with Gasteiger partial charge in [0.05, 0.1) is 13.2 Å². The third-order valence-electron chi connectivity index (χ3n) is 5.58. The Bertz CT molecular complexity index is 809. The molecule has 0 amide bonds. The molecule has 0 saturated carbocycles. The highest BCUT2D eigenvalue weighted by molar-refractivity contribution is 7.80. The van der Waals surface area contributed by atoms with Gasteiger partial charge >= 0.3 is 0 Å². The molecule has 2 aromatic carbocycles. The number of hydrogen-bond acceptors (Lipinski definition) is 3. The van der Waals surface area contributed by atoms with E-state index in [9.17, 15) is 0 Å². The van der Waals surface area contributed by atoms with Gasteiger partial charge in [-0.2, -0.15) is 0 Å². The molecule has 0 atom stereocenters. The van der Waals surface area contributed by atoms with Crippen LogP contribution in [0.5, 0.6) is 0 Å². The van der Waals surface area contributed by atoms with Crippen molar-refractivity contribution in [2.24, 2.45) is 0 Å². The zero-order valence-corrected chi connectivity index (χ0v) is 20.1. The Kier molecular flexibility index (Phi) is 10.1. The minimum atomic E-state index is 0.740. The third-order valence-corrected chi connectivity index (χ3v) is 6.18. The number of anilines is 1. The summed E-state index contributed by atoms with van der Waals surface area (Å²) in [7, 11) is 0. The lowest BCUT2D eigenvalue weighted by atomic mass is 10.1. The van der Waals surface area contributed by atoms with Gasteiger partial charge in [0.25, 0.3) is 0 Å². The normalized spacial score (nSPS) is 14.4. The van der Waals surface area contributed by atoms with E-state index in [0.717, 1.165) is 80.2 Å². The van der Waals surface area contributed by atoms with Crippen LogP contribution in [0.4, 0.5) is 5.69 Å². The fourth-order valence-corrected chi connectivity index (χ4v) is 4.24. The van der Waals surface area contributed by atoms with Gasteiger partial charge in [0.1, 0.15) is 0 Å². The van der Waals surface area contributed by atoms with Crippen LogP contribution in [0.3, 0.4) is 0 Å². The van der Waals surface area contributed by atoms with Crippen LogP contribution in [-0.4, -0.2) is 54.3 Å². The maximum Gasteiger partial charge on any atom is 0.173 e. The molecule has 3 rings (SSSR count). The van der Waals surface area contributed by atoms with Crippen LogP contribution in [0.15, 0.2) is 48.5 Å². The summed E-state index contributed by atoms with van der Waals surface area (Å²) in [6.45, 7) is 8.62. The van der Waals surface area contributed by atoms with Crippen molar-refractivity contribution in [2.45, 2.75) is 39.2 Å². The lowest BCUT2D eigenvalue weighted by Crippen LogP contribution is -2.40. The summed E-state index contributed by atoms with van der Waals surface area (Å²) >= 11 is 12.0. The number of thiocarbonyl (C=S) groups is 1. The molecule has 31 heavy (non-hydrogen) atoms. The molecule has 1 N–H and O–H groups in total. The maximum absolute atomic E-state index is 6.21. The Morgan fingerprint density at radius 2 is 1.87 bits per heavy atom. The predicted octanol–water partition coefficient (Wildman–Crippen LogP) is 5.60. The second-order valence-corrected chi connectivity index (χ2v) is 8.91. The number of ether oxygens (including phenoxy) is 1. The Morgan fingerprint density at radius 1 is 1.10 bits per heavy atom. The molecule has 1 fully saturated rings. The van der Waals surface area contributed by atoms with E-state index in [1.54, 1.807) is 0 Å². The largest absolute Gasteiger partial charge is 0.379 e. The number of halogens is 1. The first-order chi connectivity index (χ1) is 15.1. The van der Waals surface area contributed by atoms with Crippen LogP contribution in [0.2, 0.25) is 5.02 Å². The topological polar surface area (TPSA) is 27.7 Å².